The van der Waals surface area contributed by atoms with Crippen LogP contribution in [-0.4, -0.2) is 61.5 Å². The number of piperidine rings is 1. The maximum Gasteiger partial charge on any atom is 0.165 e. The highest BCUT2D eigenvalue weighted by molar-refractivity contribution is 5.38. The van der Waals surface area contributed by atoms with E-state index in [0.717, 1.165) is 43.4 Å². The fourth-order valence-corrected chi connectivity index (χ4v) is 3.35. The Morgan fingerprint density at radius 1 is 1.17 bits per heavy atom. The van der Waals surface area contributed by atoms with Gasteiger partial charge in [-0.15, -0.1) is 10.2 Å². The SMILES string of the molecule is Cc1ccc(N2CCC[C@H](N(C)Cc3nnnn3C3CC3)C2)nn1. The van der Waals surface area contributed by atoms with Gasteiger partial charge in [0, 0.05) is 19.1 Å². The molecular weight excluding hydrogens is 304 g/mol. The molecule has 0 bridgehead atoms. The first-order valence-corrected chi connectivity index (χ1v) is 8.73. The number of nitrogens with zero attached hydrogens (tertiary/aromatic N) is 8. The van der Waals surface area contributed by atoms with Crippen molar-refractivity contribution in [3.8, 4) is 0 Å². The van der Waals surface area contributed by atoms with E-state index in [1.807, 2.05) is 17.7 Å². The Labute approximate surface area is 141 Å². The minimum atomic E-state index is 0.478. The number of hydrogen-bond acceptors (Lipinski definition) is 7. The molecule has 1 atom stereocenters. The van der Waals surface area contributed by atoms with Gasteiger partial charge in [-0.25, -0.2) is 4.68 Å². The summed E-state index contributed by atoms with van der Waals surface area (Å²) in [6, 6.07) is 5.10. The Hall–Kier alpha value is -2.09. The molecule has 0 aromatic carbocycles. The fourth-order valence-electron chi connectivity index (χ4n) is 3.35. The summed E-state index contributed by atoms with van der Waals surface area (Å²) < 4.78 is 2.00. The van der Waals surface area contributed by atoms with Crippen molar-refractivity contribution in [3.63, 3.8) is 0 Å². The Bertz CT molecular complexity index is 678. The van der Waals surface area contributed by atoms with Crippen LogP contribution in [0.15, 0.2) is 12.1 Å². The molecule has 4 rings (SSSR count). The van der Waals surface area contributed by atoms with E-state index >= 15 is 0 Å². The van der Waals surface area contributed by atoms with Crippen LogP contribution in [0.3, 0.4) is 0 Å². The van der Waals surface area contributed by atoms with Crippen LogP contribution in [0.5, 0.6) is 0 Å². The largest absolute Gasteiger partial charge is 0.354 e. The highest BCUT2D eigenvalue weighted by atomic mass is 15.6. The van der Waals surface area contributed by atoms with Crippen molar-refractivity contribution < 1.29 is 0 Å². The quantitative estimate of drug-likeness (QED) is 0.816. The normalized spacial score (nSPS) is 21.5. The second-order valence-electron chi connectivity index (χ2n) is 6.96. The van der Waals surface area contributed by atoms with Crippen molar-refractivity contribution in [2.24, 2.45) is 0 Å². The summed E-state index contributed by atoms with van der Waals surface area (Å²) in [7, 11) is 2.17. The molecule has 128 valence electrons. The van der Waals surface area contributed by atoms with Crippen LogP contribution in [0.4, 0.5) is 5.82 Å². The molecule has 2 aliphatic rings. The predicted octanol–water partition coefficient (Wildman–Crippen LogP) is 1.21. The lowest BCUT2D eigenvalue weighted by molar-refractivity contribution is 0.199. The maximum absolute atomic E-state index is 4.34. The van der Waals surface area contributed by atoms with Crippen LogP contribution in [0.2, 0.25) is 0 Å². The van der Waals surface area contributed by atoms with E-state index in [1.165, 1.54) is 19.3 Å². The first-order chi connectivity index (χ1) is 11.7. The summed E-state index contributed by atoms with van der Waals surface area (Å²) >= 11 is 0. The molecule has 0 N–H and O–H groups in total. The molecular formula is C16H24N8. The minimum Gasteiger partial charge on any atom is -0.354 e. The summed E-state index contributed by atoms with van der Waals surface area (Å²) in [6.07, 6.45) is 4.76. The van der Waals surface area contributed by atoms with Crippen molar-refractivity contribution in [3.05, 3.63) is 23.7 Å². The summed E-state index contributed by atoms with van der Waals surface area (Å²) in [4.78, 5) is 4.71. The van der Waals surface area contributed by atoms with Gasteiger partial charge in [-0.1, -0.05) is 0 Å². The molecule has 2 fully saturated rings. The van der Waals surface area contributed by atoms with Gasteiger partial charge in [0.1, 0.15) is 0 Å². The van der Waals surface area contributed by atoms with Gasteiger partial charge in [-0.3, -0.25) is 4.90 Å². The molecule has 2 aromatic heterocycles. The summed E-state index contributed by atoms with van der Waals surface area (Å²) in [5.41, 5.74) is 0.955. The molecule has 8 heteroatoms. The second kappa shape index (κ2) is 6.43. The van der Waals surface area contributed by atoms with Crippen molar-refractivity contribution in [2.45, 2.75) is 51.2 Å². The molecule has 1 saturated carbocycles. The lowest BCUT2D eigenvalue weighted by Crippen LogP contribution is -2.46. The topological polar surface area (TPSA) is 75.9 Å². The molecule has 24 heavy (non-hydrogen) atoms. The number of aryl methyl sites for hydroxylation is 1. The van der Waals surface area contributed by atoms with Crippen molar-refractivity contribution in [1.82, 2.24) is 35.3 Å². The van der Waals surface area contributed by atoms with E-state index in [9.17, 15) is 0 Å². The van der Waals surface area contributed by atoms with Crippen LogP contribution < -0.4 is 4.90 Å². The van der Waals surface area contributed by atoms with Crippen molar-refractivity contribution in [1.29, 1.82) is 0 Å². The van der Waals surface area contributed by atoms with Crippen LogP contribution in [0.1, 0.15) is 43.2 Å². The minimum absolute atomic E-state index is 0.478. The molecule has 0 amide bonds. The third-order valence-electron chi connectivity index (χ3n) is 4.97. The van der Waals surface area contributed by atoms with Crippen LogP contribution >= 0.6 is 0 Å². The van der Waals surface area contributed by atoms with Crippen LogP contribution in [-0.2, 0) is 6.54 Å². The van der Waals surface area contributed by atoms with Crippen LogP contribution in [0.25, 0.3) is 0 Å². The standard InChI is InChI=1S/C16H24N8/c1-12-5-8-15(18-17-12)23-9-3-4-14(10-23)22(2)11-16-19-20-21-24(16)13-6-7-13/h5,8,13-14H,3-4,6-7,9-11H2,1-2H3/t14-/m0/s1. The summed E-state index contributed by atoms with van der Waals surface area (Å²) in [6.45, 7) is 4.77. The van der Waals surface area contributed by atoms with E-state index in [1.54, 1.807) is 0 Å². The third-order valence-corrected chi connectivity index (χ3v) is 4.97. The monoisotopic (exact) mass is 328 g/mol. The van der Waals surface area contributed by atoms with E-state index in [4.69, 9.17) is 0 Å². The number of rotatable bonds is 5. The highest BCUT2D eigenvalue weighted by Gasteiger charge is 2.30. The number of aromatic nitrogens is 6. The van der Waals surface area contributed by atoms with Gasteiger partial charge in [0.25, 0.3) is 0 Å². The lowest BCUT2D eigenvalue weighted by atomic mass is 10.0. The smallest absolute Gasteiger partial charge is 0.165 e. The van der Waals surface area contributed by atoms with E-state index < -0.39 is 0 Å². The van der Waals surface area contributed by atoms with Gasteiger partial charge in [0.05, 0.1) is 18.3 Å². The average Bonchev–Trinajstić information content (AvgIpc) is 3.35. The predicted molar refractivity (Wildman–Crippen MR) is 89.6 cm³/mol. The summed E-state index contributed by atoms with van der Waals surface area (Å²) in [5, 5.41) is 20.8. The van der Waals surface area contributed by atoms with E-state index in [0.29, 0.717) is 12.1 Å². The Balaban J connectivity index is 1.41. The molecule has 1 aliphatic carbocycles. The fraction of sp³-hybridized carbons (Fsp3) is 0.688. The molecule has 0 radical (unpaired) electrons. The van der Waals surface area contributed by atoms with E-state index in [2.05, 4.69) is 48.6 Å². The van der Waals surface area contributed by atoms with Gasteiger partial charge >= 0.3 is 0 Å². The van der Waals surface area contributed by atoms with E-state index in [-0.39, 0.29) is 0 Å². The Kier molecular flexibility index (Phi) is 4.13. The molecule has 0 spiro atoms. The molecule has 3 heterocycles. The lowest BCUT2D eigenvalue weighted by Gasteiger charge is -2.37. The van der Waals surface area contributed by atoms with Gasteiger partial charge < -0.3 is 4.90 Å². The zero-order chi connectivity index (χ0) is 16.5. The Morgan fingerprint density at radius 3 is 2.79 bits per heavy atom. The number of anilines is 1. The van der Waals surface area contributed by atoms with Gasteiger partial charge in [-0.2, -0.15) is 5.10 Å². The highest BCUT2D eigenvalue weighted by Crippen LogP contribution is 2.34. The number of hydrogen-bond donors (Lipinski definition) is 0. The second-order valence-corrected chi connectivity index (χ2v) is 6.96. The zero-order valence-electron chi connectivity index (χ0n) is 14.3. The van der Waals surface area contributed by atoms with Crippen LogP contribution in [0, 0.1) is 6.92 Å². The Morgan fingerprint density at radius 2 is 2.04 bits per heavy atom. The first-order valence-electron chi connectivity index (χ1n) is 8.73. The third kappa shape index (κ3) is 3.24. The molecule has 8 nitrogen and oxygen atoms in total. The maximum atomic E-state index is 4.34. The van der Waals surface area contributed by atoms with Gasteiger partial charge in [0.2, 0.25) is 0 Å². The number of likely N-dealkylation sites (N-methyl/N-ethyl adjacent to an activating group) is 1. The summed E-state index contributed by atoms with van der Waals surface area (Å²) in [5.74, 6) is 1.95. The first kappa shape index (κ1) is 15.4. The molecule has 1 aliphatic heterocycles. The average molecular weight is 328 g/mol. The molecule has 2 aromatic rings. The molecule has 0 unspecified atom stereocenters. The number of tetrazole rings is 1. The van der Waals surface area contributed by atoms with Gasteiger partial charge in [-0.05, 0) is 62.2 Å². The molecule has 1 saturated heterocycles. The van der Waals surface area contributed by atoms with Crippen molar-refractivity contribution >= 4 is 5.82 Å². The van der Waals surface area contributed by atoms with Crippen molar-refractivity contribution in [2.75, 3.05) is 25.0 Å². The van der Waals surface area contributed by atoms with Gasteiger partial charge in [0.15, 0.2) is 11.6 Å². The zero-order valence-corrected chi connectivity index (χ0v) is 14.3.